The minimum atomic E-state index is -4.48. The van der Waals surface area contributed by atoms with Gasteiger partial charge >= 0.3 is 12.1 Å². The van der Waals surface area contributed by atoms with E-state index in [2.05, 4.69) is 4.98 Å². The van der Waals surface area contributed by atoms with Gasteiger partial charge in [-0.05, 0) is 56.2 Å². The Morgan fingerprint density at radius 3 is 2.41 bits per heavy atom. The summed E-state index contributed by atoms with van der Waals surface area (Å²) in [6.07, 6.45) is -3.99. The number of alkyl halides is 3. The standard InChI is InChI=1S/C21H24F3N3O4S/c1-13-4-6-18(8-16(13)9-20(28)29)32(30,31)27-12-14(2)26(11-15(27)3)19-7-5-17(10-25-19)21(22,23)24/h4-8,10,14-15H,9,11-12H2,1-3H3,(H,28,29). The number of aliphatic carboxylic acids is 1. The van der Waals surface area contributed by atoms with Gasteiger partial charge in [-0.2, -0.15) is 17.5 Å². The SMILES string of the molecule is Cc1ccc(S(=O)(=O)N2CC(C)N(c3ccc(C(F)(F)F)cn3)CC2C)cc1CC(=O)O. The predicted octanol–water partition coefficient (Wildman–Crippen LogP) is 3.32. The van der Waals surface area contributed by atoms with Gasteiger partial charge in [-0.1, -0.05) is 6.07 Å². The quantitative estimate of drug-likeness (QED) is 0.720. The number of aryl methyl sites for hydroxylation is 1. The fraction of sp³-hybridized carbons (Fsp3) is 0.429. The van der Waals surface area contributed by atoms with Gasteiger partial charge in [-0.15, -0.1) is 0 Å². The molecule has 11 heteroatoms. The maximum Gasteiger partial charge on any atom is 0.417 e. The summed E-state index contributed by atoms with van der Waals surface area (Å²) in [6, 6.07) is 5.85. The van der Waals surface area contributed by atoms with Crippen LogP contribution in [-0.2, 0) is 27.4 Å². The van der Waals surface area contributed by atoms with Gasteiger partial charge in [0.25, 0.3) is 0 Å². The minimum absolute atomic E-state index is 0.0134. The molecule has 0 saturated carbocycles. The summed E-state index contributed by atoms with van der Waals surface area (Å²) in [4.78, 5) is 16.8. The first-order chi connectivity index (χ1) is 14.8. The zero-order chi connectivity index (χ0) is 23.8. The Hall–Kier alpha value is -2.66. The largest absolute Gasteiger partial charge is 0.481 e. The fourth-order valence-corrected chi connectivity index (χ4v) is 5.52. The van der Waals surface area contributed by atoms with Gasteiger partial charge in [0.15, 0.2) is 0 Å². The molecule has 1 aliphatic rings. The van der Waals surface area contributed by atoms with Crippen LogP contribution in [0.1, 0.15) is 30.5 Å². The molecule has 1 N–H and O–H groups in total. The van der Waals surface area contributed by atoms with Crippen molar-refractivity contribution >= 4 is 21.8 Å². The molecular weight excluding hydrogens is 447 g/mol. The van der Waals surface area contributed by atoms with Crippen molar-refractivity contribution in [2.24, 2.45) is 0 Å². The number of pyridine rings is 1. The Morgan fingerprint density at radius 1 is 1.16 bits per heavy atom. The zero-order valence-electron chi connectivity index (χ0n) is 17.8. The number of sulfonamides is 1. The molecule has 0 amide bonds. The third-order valence-electron chi connectivity index (χ3n) is 5.57. The summed E-state index contributed by atoms with van der Waals surface area (Å²) in [5.74, 6) is -0.712. The maximum atomic E-state index is 13.3. The summed E-state index contributed by atoms with van der Waals surface area (Å²) in [6.45, 7) is 5.56. The Morgan fingerprint density at radius 2 is 1.84 bits per heavy atom. The summed E-state index contributed by atoms with van der Waals surface area (Å²) < 4.78 is 66.4. The van der Waals surface area contributed by atoms with E-state index in [1.54, 1.807) is 31.7 Å². The van der Waals surface area contributed by atoms with Crippen LogP contribution in [0.5, 0.6) is 0 Å². The van der Waals surface area contributed by atoms with Crippen LogP contribution in [0.2, 0.25) is 0 Å². The Kier molecular flexibility index (Phi) is 6.52. The first-order valence-electron chi connectivity index (χ1n) is 9.93. The summed E-state index contributed by atoms with van der Waals surface area (Å²) in [7, 11) is -3.91. The van der Waals surface area contributed by atoms with Crippen LogP contribution >= 0.6 is 0 Å². The van der Waals surface area contributed by atoms with Gasteiger partial charge in [0.05, 0.1) is 16.9 Å². The number of rotatable bonds is 5. The fourth-order valence-electron chi connectivity index (χ4n) is 3.77. The number of benzene rings is 1. The van der Waals surface area contributed by atoms with Crippen molar-refractivity contribution in [2.75, 3.05) is 18.0 Å². The second-order valence-corrected chi connectivity index (χ2v) is 9.88. The third-order valence-corrected chi connectivity index (χ3v) is 7.54. The predicted molar refractivity (Wildman–Crippen MR) is 112 cm³/mol. The molecule has 3 rings (SSSR count). The lowest BCUT2D eigenvalue weighted by Gasteiger charge is -2.43. The van der Waals surface area contributed by atoms with Crippen LogP contribution in [0.15, 0.2) is 41.4 Å². The van der Waals surface area contributed by atoms with E-state index in [1.165, 1.54) is 22.5 Å². The average molecular weight is 472 g/mol. The summed E-state index contributed by atoms with van der Waals surface area (Å²) >= 11 is 0. The normalized spacial score (nSPS) is 20.4. The smallest absolute Gasteiger partial charge is 0.417 e. The molecule has 1 aromatic heterocycles. The van der Waals surface area contributed by atoms with E-state index in [4.69, 9.17) is 5.11 Å². The molecule has 32 heavy (non-hydrogen) atoms. The van der Waals surface area contributed by atoms with Gasteiger partial charge in [0, 0.05) is 31.4 Å². The number of carbonyl (C=O) groups is 1. The van der Waals surface area contributed by atoms with Gasteiger partial charge in [-0.3, -0.25) is 4.79 Å². The molecule has 2 heterocycles. The number of hydrogen-bond donors (Lipinski definition) is 1. The highest BCUT2D eigenvalue weighted by molar-refractivity contribution is 7.89. The van der Waals surface area contributed by atoms with Gasteiger partial charge in [-0.25, -0.2) is 13.4 Å². The second kappa shape index (κ2) is 8.70. The van der Waals surface area contributed by atoms with Gasteiger partial charge in [0.1, 0.15) is 5.82 Å². The number of carboxylic acids is 1. The molecule has 7 nitrogen and oxygen atoms in total. The molecule has 1 aromatic carbocycles. The van der Waals surface area contributed by atoms with Crippen molar-refractivity contribution in [1.82, 2.24) is 9.29 Å². The first kappa shape index (κ1) is 24.0. The van der Waals surface area contributed by atoms with Gasteiger partial charge in [0.2, 0.25) is 10.0 Å². The second-order valence-electron chi connectivity index (χ2n) is 7.99. The average Bonchev–Trinajstić information content (AvgIpc) is 2.70. The lowest BCUT2D eigenvalue weighted by molar-refractivity contribution is -0.138. The van der Waals surface area contributed by atoms with Crippen molar-refractivity contribution in [3.05, 3.63) is 53.2 Å². The molecule has 2 aromatic rings. The maximum absolute atomic E-state index is 13.3. The van der Waals surface area contributed by atoms with Crippen molar-refractivity contribution < 1.29 is 31.5 Å². The summed E-state index contributed by atoms with van der Waals surface area (Å²) in [5.41, 5.74) is 0.262. The van der Waals surface area contributed by atoms with E-state index in [1.807, 2.05) is 0 Å². The van der Waals surface area contributed by atoms with E-state index in [9.17, 15) is 26.4 Å². The highest BCUT2D eigenvalue weighted by Crippen LogP contribution is 2.31. The number of anilines is 1. The van der Waals surface area contributed by atoms with Crippen LogP contribution in [0.25, 0.3) is 0 Å². The lowest BCUT2D eigenvalue weighted by Crippen LogP contribution is -2.58. The van der Waals surface area contributed by atoms with Crippen molar-refractivity contribution in [2.45, 2.75) is 50.3 Å². The first-order valence-corrected chi connectivity index (χ1v) is 11.4. The highest BCUT2D eigenvalue weighted by Gasteiger charge is 2.38. The van der Waals surface area contributed by atoms with Crippen LogP contribution in [0.4, 0.5) is 19.0 Å². The zero-order valence-corrected chi connectivity index (χ0v) is 18.6. The number of aromatic nitrogens is 1. The molecule has 1 aliphatic heterocycles. The highest BCUT2D eigenvalue weighted by atomic mass is 32.2. The van der Waals surface area contributed by atoms with Crippen LogP contribution in [0, 0.1) is 6.92 Å². The monoisotopic (exact) mass is 471 g/mol. The Labute approximate surface area is 184 Å². The number of halogens is 3. The van der Waals surface area contributed by atoms with E-state index >= 15 is 0 Å². The summed E-state index contributed by atoms with van der Waals surface area (Å²) in [5, 5.41) is 9.08. The Bertz CT molecular complexity index is 1100. The minimum Gasteiger partial charge on any atom is -0.481 e. The van der Waals surface area contributed by atoms with Crippen LogP contribution < -0.4 is 4.90 Å². The molecule has 1 saturated heterocycles. The van der Waals surface area contributed by atoms with E-state index < -0.39 is 33.8 Å². The number of piperazine rings is 1. The van der Waals surface area contributed by atoms with Crippen LogP contribution in [-0.4, -0.2) is 54.0 Å². The van der Waals surface area contributed by atoms with E-state index in [-0.39, 0.29) is 30.4 Å². The topological polar surface area (TPSA) is 90.8 Å². The molecule has 0 aliphatic carbocycles. The molecule has 1 fully saturated rings. The lowest BCUT2D eigenvalue weighted by atomic mass is 10.1. The molecule has 0 bridgehead atoms. The van der Waals surface area contributed by atoms with E-state index in [0.717, 1.165) is 12.3 Å². The molecule has 174 valence electrons. The third kappa shape index (κ3) is 4.88. The van der Waals surface area contributed by atoms with Crippen molar-refractivity contribution in [3.8, 4) is 0 Å². The molecule has 0 spiro atoms. The number of hydrogen-bond acceptors (Lipinski definition) is 5. The Balaban J connectivity index is 1.84. The van der Waals surface area contributed by atoms with Crippen LogP contribution in [0.3, 0.4) is 0 Å². The van der Waals surface area contributed by atoms with Gasteiger partial charge < -0.3 is 10.0 Å². The number of nitrogens with zero attached hydrogens (tertiary/aromatic N) is 3. The molecule has 2 unspecified atom stereocenters. The molecule has 0 radical (unpaired) electrons. The van der Waals surface area contributed by atoms with E-state index in [0.29, 0.717) is 16.9 Å². The van der Waals surface area contributed by atoms with Crippen molar-refractivity contribution in [3.63, 3.8) is 0 Å². The molecule has 2 atom stereocenters. The molecular formula is C21H24F3N3O4S. The van der Waals surface area contributed by atoms with Crippen molar-refractivity contribution in [1.29, 1.82) is 0 Å². The number of carboxylic acid groups (broad SMARTS) is 1.